The SMILES string of the molecule is C[Si](C)(c1ccccc1)[C@@H]1CCC[C@H]1N=[N+]=[N-]. The fourth-order valence-corrected chi connectivity index (χ4v) is 6.67. The fourth-order valence-electron chi connectivity index (χ4n) is 3.07. The van der Waals surface area contributed by atoms with E-state index in [0.717, 1.165) is 6.42 Å². The molecule has 0 amide bonds. The molecule has 17 heavy (non-hydrogen) atoms. The van der Waals surface area contributed by atoms with Gasteiger partial charge >= 0.3 is 0 Å². The van der Waals surface area contributed by atoms with Crippen LogP contribution in [-0.4, -0.2) is 14.1 Å². The van der Waals surface area contributed by atoms with E-state index in [1.54, 1.807) is 0 Å². The van der Waals surface area contributed by atoms with Crippen LogP contribution in [0.2, 0.25) is 18.6 Å². The summed E-state index contributed by atoms with van der Waals surface area (Å²) in [6.45, 7) is 4.80. The first kappa shape index (κ1) is 12.2. The van der Waals surface area contributed by atoms with Crippen LogP contribution < -0.4 is 5.19 Å². The van der Waals surface area contributed by atoms with Crippen LogP contribution in [-0.2, 0) is 0 Å². The standard InChI is InChI=1S/C13H19N3Si/c1-17(2,11-7-4-3-5-8-11)13-10-6-9-12(13)15-16-14/h3-5,7-8,12-13H,6,9-10H2,1-2H3/t12-,13-/m1/s1. The van der Waals surface area contributed by atoms with Gasteiger partial charge in [-0.3, -0.25) is 0 Å². The van der Waals surface area contributed by atoms with E-state index in [1.165, 1.54) is 18.0 Å². The van der Waals surface area contributed by atoms with E-state index in [1.807, 2.05) is 0 Å². The molecule has 0 N–H and O–H groups in total. The van der Waals surface area contributed by atoms with Crippen LogP contribution in [0.1, 0.15) is 19.3 Å². The molecule has 0 aliphatic heterocycles. The molecule has 0 radical (unpaired) electrons. The van der Waals surface area contributed by atoms with Crippen molar-refractivity contribution in [2.45, 2.75) is 43.9 Å². The smallest absolute Gasteiger partial charge is 0.0840 e. The molecule has 1 saturated carbocycles. The summed E-state index contributed by atoms with van der Waals surface area (Å²) in [5.74, 6) is 0. The number of benzene rings is 1. The summed E-state index contributed by atoms with van der Waals surface area (Å²) >= 11 is 0. The van der Waals surface area contributed by atoms with Crippen LogP contribution >= 0.6 is 0 Å². The van der Waals surface area contributed by atoms with Crippen molar-refractivity contribution in [1.29, 1.82) is 0 Å². The first-order valence-corrected chi connectivity index (χ1v) is 9.33. The number of rotatable bonds is 3. The molecule has 0 aromatic heterocycles. The molecule has 0 bridgehead atoms. The van der Waals surface area contributed by atoms with Crippen molar-refractivity contribution in [3.8, 4) is 0 Å². The van der Waals surface area contributed by atoms with Crippen molar-refractivity contribution in [2.75, 3.05) is 0 Å². The molecule has 2 rings (SSSR count). The molecule has 1 aliphatic rings. The van der Waals surface area contributed by atoms with Gasteiger partial charge in [-0.1, -0.05) is 66.6 Å². The Morgan fingerprint density at radius 2 is 1.94 bits per heavy atom. The van der Waals surface area contributed by atoms with Gasteiger partial charge in [0.1, 0.15) is 0 Å². The monoisotopic (exact) mass is 245 g/mol. The summed E-state index contributed by atoms with van der Waals surface area (Å²) in [5.41, 5.74) is 9.25. The highest BCUT2D eigenvalue weighted by atomic mass is 28.3. The molecule has 1 aromatic carbocycles. The summed E-state index contributed by atoms with van der Waals surface area (Å²) in [4.78, 5) is 3.02. The van der Waals surface area contributed by atoms with E-state index in [0.29, 0.717) is 5.54 Å². The third-order valence-electron chi connectivity index (χ3n) is 4.12. The minimum Gasteiger partial charge on any atom is -0.0906 e. The molecule has 0 unspecified atom stereocenters. The summed E-state index contributed by atoms with van der Waals surface area (Å²) in [7, 11) is -1.51. The second-order valence-corrected chi connectivity index (χ2v) is 10.2. The Kier molecular flexibility index (Phi) is 3.55. The summed E-state index contributed by atoms with van der Waals surface area (Å²) in [6.07, 6.45) is 3.49. The number of hydrogen-bond donors (Lipinski definition) is 0. The van der Waals surface area contributed by atoms with Crippen LogP contribution in [0.15, 0.2) is 35.4 Å². The number of nitrogens with zero attached hydrogens (tertiary/aromatic N) is 3. The van der Waals surface area contributed by atoms with Gasteiger partial charge in [0.2, 0.25) is 0 Å². The van der Waals surface area contributed by atoms with Crippen LogP contribution in [0.5, 0.6) is 0 Å². The zero-order valence-corrected chi connectivity index (χ0v) is 11.5. The molecule has 2 atom stereocenters. The van der Waals surface area contributed by atoms with E-state index in [9.17, 15) is 0 Å². The van der Waals surface area contributed by atoms with Crippen LogP contribution in [0.3, 0.4) is 0 Å². The Morgan fingerprint density at radius 1 is 1.24 bits per heavy atom. The predicted molar refractivity (Wildman–Crippen MR) is 74.1 cm³/mol. The highest BCUT2D eigenvalue weighted by molar-refractivity contribution is 6.91. The molecule has 1 aliphatic carbocycles. The summed E-state index contributed by atoms with van der Waals surface area (Å²) in [6, 6.07) is 11.0. The maximum absolute atomic E-state index is 8.65. The van der Waals surface area contributed by atoms with Gasteiger partial charge in [0.05, 0.1) is 8.07 Å². The normalized spacial score (nSPS) is 24.4. The Balaban J connectivity index is 2.29. The Bertz CT molecular complexity index is 424. The highest BCUT2D eigenvalue weighted by Crippen LogP contribution is 2.40. The van der Waals surface area contributed by atoms with Gasteiger partial charge < -0.3 is 0 Å². The zero-order valence-electron chi connectivity index (χ0n) is 10.5. The lowest BCUT2D eigenvalue weighted by Crippen LogP contribution is -2.47. The van der Waals surface area contributed by atoms with Crippen molar-refractivity contribution in [3.63, 3.8) is 0 Å². The van der Waals surface area contributed by atoms with Gasteiger partial charge in [-0.15, -0.1) is 0 Å². The average Bonchev–Trinajstić information content (AvgIpc) is 2.80. The van der Waals surface area contributed by atoms with Crippen LogP contribution in [0, 0.1) is 0 Å². The van der Waals surface area contributed by atoms with Gasteiger partial charge in [-0.25, -0.2) is 0 Å². The molecular weight excluding hydrogens is 226 g/mol. The van der Waals surface area contributed by atoms with Crippen molar-refractivity contribution in [2.24, 2.45) is 5.11 Å². The largest absolute Gasteiger partial charge is 0.0906 e. The molecule has 0 heterocycles. The quantitative estimate of drug-likeness (QED) is 0.336. The average molecular weight is 245 g/mol. The van der Waals surface area contributed by atoms with Crippen molar-refractivity contribution < 1.29 is 0 Å². The van der Waals surface area contributed by atoms with E-state index in [4.69, 9.17) is 5.53 Å². The topological polar surface area (TPSA) is 48.8 Å². The van der Waals surface area contributed by atoms with E-state index in [2.05, 4.69) is 53.5 Å². The zero-order chi connectivity index (χ0) is 12.3. The fraction of sp³-hybridized carbons (Fsp3) is 0.538. The van der Waals surface area contributed by atoms with Crippen LogP contribution in [0.25, 0.3) is 10.4 Å². The second kappa shape index (κ2) is 4.94. The lowest BCUT2D eigenvalue weighted by Gasteiger charge is -2.32. The van der Waals surface area contributed by atoms with Gasteiger partial charge in [0.15, 0.2) is 0 Å². The third-order valence-corrected chi connectivity index (χ3v) is 8.47. The Morgan fingerprint density at radius 3 is 2.59 bits per heavy atom. The summed E-state index contributed by atoms with van der Waals surface area (Å²) in [5, 5.41) is 5.49. The number of hydrogen-bond acceptors (Lipinski definition) is 1. The Hall–Kier alpha value is -1.25. The van der Waals surface area contributed by atoms with Gasteiger partial charge in [0, 0.05) is 11.0 Å². The first-order chi connectivity index (χ1) is 8.16. The molecule has 0 spiro atoms. The first-order valence-electron chi connectivity index (χ1n) is 6.26. The maximum atomic E-state index is 8.65. The van der Waals surface area contributed by atoms with Crippen molar-refractivity contribution >= 4 is 13.3 Å². The lowest BCUT2D eigenvalue weighted by molar-refractivity contribution is 0.682. The number of azide groups is 1. The molecule has 1 aromatic rings. The summed E-state index contributed by atoms with van der Waals surface area (Å²) < 4.78 is 0. The predicted octanol–water partition coefficient (Wildman–Crippen LogP) is 3.84. The van der Waals surface area contributed by atoms with Gasteiger partial charge in [-0.2, -0.15) is 0 Å². The molecule has 1 fully saturated rings. The van der Waals surface area contributed by atoms with E-state index < -0.39 is 8.07 Å². The Labute approximate surface area is 103 Å². The van der Waals surface area contributed by atoms with Crippen molar-refractivity contribution in [1.82, 2.24) is 0 Å². The third kappa shape index (κ3) is 2.38. The minimum atomic E-state index is -1.51. The molecule has 3 nitrogen and oxygen atoms in total. The maximum Gasteiger partial charge on any atom is 0.0840 e. The highest BCUT2D eigenvalue weighted by Gasteiger charge is 2.40. The molecule has 0 saturated heterocycles. The van der Waals surface area contributed by atoms with E-state index in [-0.39, 0.29) is 6.04 Å². The van der Waals surface area contributed by atoms with Crippen molar-refractivity contribution in [3.05, 3.63) is 40.8 Å². The van der Waals surface area contributed by atoms with E-state index >= 15 is 0 Å². The minimum absolute atomic E-state index is 0.224. The molecular formula is C13H19N3Si. The molecule has 4 heteroatoms. The second-order valence-electron chi connectivity index (χ2n) is 5.40. The van der Waals surface area contributed by atoms with Crippen LogP contribution in [0.4, 0.5) is 0 Å². The molecule has 90 valence electrons. The van der Waals surface area contributed by atoms with Gasteiger partial charge in [-0.05, 0) is 17.5 Å². The lowest BCUT2D eigenvalue weighted by atomic mass is 10.3. The van der Waals surface area contributed by atoms with Gasteiger partial charge in [0.25, 0.3) is 0 Å².